The molecule has 0 bridgehead atoms. The first-order valence-corrected chi connectivity index (χ1v) is 8.35. The zero-order valence-corrected chi connectivity index (χ0v) is 14.5. The summed E-state index contributed by atoms with van der Waals surface area (Å²) in [6.07, 6.45) is 7.17. The minimum atomic E-state index is 0.658. The number of nitrogens with zero attached hydrogens (tertiary/aromatic N) is 3. The number of hydrogen-bond acceptors (Lipinski definition) is 4. The zero-order valence-electron chi connectivity index (χ0n) is 14.5. The van der Waals surface area contributed by atoms with Crippen molar-refractivity contribution in [2.45, 2.75) is 59.3 Å². The van der Waals surface area contributed by atoms with Crippen LogP contribution in [0, 0.1) is 12.8 Å². The van der Waals surface area contributed by atoms with Gasteiger partial charge in [0, 0.05) is 26.6 Å². The molecule has 0 amide bonds. The smallest absolute Gasteiger partial charge is 0.228 e. The summed E-state index contributed by atoms with van der Waals surface area (Å²) in [5, 5.41) is 10.4. The van der Waals surface area contributed by atoms with Gasteiger partial charge in [0.15, 0.2) is 11.8 Å². The van der Waals surface area contributed by atoms with Crippen LogP contribution in [0.2, 0.25) is 0 Å². The molecule has 0 saturated carbocycles. The van der Waals surface area contributed by atoms with Crippen molar-refractivity contribution in [3.8, 4) is 0 Å². The van der Waals surface area contributed by atoms with Crippen molar-refractivity contribution in [2.75, 3.05) is 20.1 Å². The van der Waals surface area contributed by atoms with Gasteiger partial charge in [-0.25, -0.2) is 0 Å². The summed E-state index contributed by atoms with van der Waals surface area (Å²) in [5.41, 5.74) is 0. The monoisotopic (exact) mass is 309 g/mol. The average molecular weight is 309 g/mol. The van der Waals surface area contributed by atoms with Crippen molar-refractivity contribution in [1.29, 1.82) is 0 Å². The van der Waals surface area contributed by atoms with Crippen LogP contribution in [0.25, 0.3) is 0 Å². The molecule has 0 spiro atoms. The number of aryl methyl sites for hydroxylation is 1. The molecule has 0 aliphatic carbocycles. The molecular weight excluding hydrogens is 278 g/mol. The molecule has 1 aromatic heterocycles. The molecule has 0 aliphatic rings. The summed E-state index contributed by atoms with van der Waals surface area (Å²) >= 11 is 0. The highest BCUT2D eigenvalue weighted by Crippen LogP contribution is 2.08. The molecule has 0 saturated heterocycles. The minimum absolute atomic E-state index is 0.658. The highest BCUT2D eigenvalue weighted by Gasteiger charge is 2.03. The number of nitrogens with one attached hydrogen (secondary N) is 2. The Morgan fingerprint density at radius 1 is 1.14 bits per heavy atom. The Morgan fingerprint density at radius 2 is 1.86 bits per heavy atom. The number of aliphatic imine (C=N–C) groups is 1. The Labute approximate surface area is 134 Å². The maximum absolute atomic E-state index is 5.07. The molecule has 0 aliphatic heterocycles. The van der Waals surface area contributed by atoms with Crippen LogP contribution >= 0.6 is 0 Å². The normalized spacial score (nSPS) is 12.0. The van der Waals surface area contributed by atoms with E-state index in [1.165, 1.54) is 32.1 Å². The number of hydrogen-bond donors (Lipinski definition) is 2. The van der Waals surface area contributed by atoms with E-state index in [0.717, 1.165) is 25.0 Å². The molecule has 1 rings (SSSR count). The van der Waals surface area contributed by atoms with Gasteiger partial charge in [-0.1, -0.05) is 44.7 Å². The van der Waals surface area contributed by atoms with Crippen LogP contribution in [0.15, 0.2) is 9.52 Å². The van der Waals surface area contributed by atoms with Gasteiger partial charge in [0.25, 0.3) is 0 Å². The van der Waals surface area contributed by atoms with Crippen molar-refractivity contribution in [2.24, 2.45) is 10.9 Å². The number of rotatable bonds is 10. The van der Waals surface area contributed by atoms with Gasteiger partial charge in [-0.05, 0) is 19.3 Å². The van der Waals surface area contributed by atoms with E-state index in [-0.39, 0.29) is 0 Å². The van der Waals surface area contributed by atoms with Crippen molar-refractivity contribution in [3.63, 3.8) is 0 Å². The van der Waals surface area contributed by atoms with E-state index in [2.05, 4.69) is 39.6 Å². The highest BCUT2D eigenvalue weighted by atomic mass is 16.5. The third-order valence-electron chi connectivity index (χ3n) is 3.43. The third kappa shape index (κ3) is 8.64. The molecule has 6 heteroatoms. The first-order valence-electron chi connectivity index (χ1n) is 8.35. The second kappa shape index (κ2) is 11.0. The Balaban J connectivity index is 2.03. The molecule has 22 heavy (non-hydrogen) atoms. The summed E-state index contributed by atoms with van der Waals surface area (Å²) in [4.78, 5) is 8.38. The molecule has 0 atom stereocenters. The molecule has 0 unspecified atom stereocenters. The van der Waals surface area contributed by atoms with Crippen molar-refractivity contribution in [1.82, 2.24) is 20.8 Å². The van der Waals surface area contributed by atoms with Gasteiger partial charge < -0.3 is 15.2 Å². The van der Waals surface area contributed by atoms with Crippen molar-refractivity contribution in [3.05, 3.63) is 11.7 Å². The van der Waals surface area contributed by atoms with Crippen LogP contribution in [0.4, 0.5) is 0 Å². The molecule has 2 N–H and O–H groups in total. The average Bonchev–Trinajstić information content (AvgIpc) is 2.89. The van der Waals surface area contributed by atoms with Gasteiger partial charge in [0.2, 0.25) is 5.89 Å². The van der Waals surface area contributed by atoms with Gasteiger partial charge in [-0.15, -0.1) is 0 Å². The van der Waals surface area contributed by atoms with Crippen LogP contribution in [0.1, 0.15) is 57.7 Å². The van der Waals surface area contributed by atoms with E-state index < -0.39 is 0 Å². The molecule has 1 aromatic rings. The predicted molar refractivity (Wildman–Crippen MR) is 90.0 cm³/mol. The Bertz CT molecular complexity index is 428. The molecular formula is C16H31N5O. The van der Waals surface area contributed by atoms with Crippen LogP contribution in [-0.4, -0.2) is 36.2 Å². The lowest BCUT2D eigenvalue weighted by Crippen LogP contribution is -2.38. The standard InChI is InChI=1S/C16H31N5O/c1-13(2)9-7-5-6-8-11-18-16(17-4)19-12-10-15-20-14(3)21-22-15/h13H,5-12H2,1-4H3,(H2,17,18,19). The molecule has 6 nitrogen and oxygen atoms in total. The minimum Gasteiger partial charge on any atom is -0.356 e. The van der Waals surface area contributed by atoms with Crippen LogP contribution < -0.4 is 10.6 Å². The van der Waals surface area contributed by atoms with Crippen molar-refractivity contribution < 1.29 is 4.52 Å². The first-order chi connectivity index (χ1) is 10.6. The van der Waals surface area contributed by atoms with E-state index in [9.17, 15) is 0 Å². The van der Waals surface area contributed by atoms with Gasteiger partial charge in [-0.2, -0.15) is 4.98 Å². The summed E-state index contributed by atoms with van der Waals surface area (Å²) < 4.78 is 5.07. The summed E-state index contributed by atoms with van der Waals surface area (Å²) in [6.45, 7) is 8.08. The summed E-state index contributed by atoms with van der Waals surface area (Å²) in [5.74, 6) is 2.99. The Hall–Kier alpha value is -1.59. The fourth-order valence-corrected chi connectivity index (χ4v) is 2.19. The maximum Gasteiger partial charge on any atom is 0.228 e. The summed E-state index contributed by atoms with van der Waals surface area (Å²) in [6, 6.07) is 0. The van der Waals surface area contributed by atoms with Crippen molar-refractivity contribution >= 4 is 5.96 Å². The zero-order chi connectivity index (χ0) is 16.2. The van der Waals surface area contributed by atoms with Crippen LogP contribution in [0.3, 0.4) is 0 Å². The first kappa shape index (κ1) is 18.5. The lowest BCUT2D eigenvalue weighted by Gasteiger charge is -2.11. The van der Waals surface area contributed by atoms with E-state index in [0.29, 0.717) is 18.1 Å². The van der Waals surface area contributed by atoms with Gasteiger partial charge >= 0.3 is 0 Å². The molecule has 1 heterocycles. The van der Waals surface area contributed by atoms with E-state index in [1.807, 2.05) is 6.92 Å². The molecule has 126 valence electrons. The fraction of sp³-hybridized carbons (Fsp3) is 0.812. The number of unbranched alkanes of at least 4 members (excludes halogenated alkanes) is 3. The molecule has 0 radical (unpaired) electrons. The largest absolute Gasteiger partial charge is 0.356 e. The van der Waals surface area contributed by atoms with Gasteiger partial charge in [0.05, 0.1) is 0 Å². The van der Waals surface area contributed by atoms with Crippen LogP contribution in [-0.2, 0) is 6.42 Å². The van der Waals surface area contributed by atoms with Gasteiger partial charge in [0.1, 0.15) is 0 Å². The maximum atomic E-state index is 5.07. The molecule has 0 aromatic carbocycles. The second-order valence-corrected chi connectivity index (χ2v) is 6.01. The lowest BCUT2D eigenvalue weighted by atomic mass is 10.0. The Morgan fingerprint density at radius 3 is 2.50 bits per heavy atom. The second-order valence-electron chi connectivity index (χ2n) is 6.01. The van der Waals surface area contributed by atoms with E-state index in [4.69, 9.17) is 4.52 Å². The van der Waals surface area contributed by atoms with Gasteiger partial charge in [-0.3, -0.25) is 4.99 Å². The highest BCUT2D eigenvalue weighted by molar-refractivity contribution is 5.79. The Kier molecular flexibility index (Phi) is 9.26. The predicted octanol–water partition coefficient (Wildman–Crippen LogP) is 2.69. The van der Waals surface area contributed by atoms with E-state index in [1.54, 1.807) is 7.05 Å². The summed E-state index contributed by atoms with van der Waals surface area (Å²) in [7, 11) is 1.79. The third-order valence-corrected chi connectivity index (χ3v) is 3.43. The number of aromatic nitrogens is 2. The fourth-order valence-electron chi connectivity index (χ4n) is 2.19. The van der Waals surface area contributed by atoms with Crippen LogP contribution in [0.5, 0.6) is 0 Å². The molecule has 0 fully saturated rings. The number of guanidine groups is 1. The quantitative estimate of drug-likeness (QED) is 0.395. The topological polar surface area (TPSA) is 75.3 Å². The SMILES string of the molecule is CN=C(NCCCCCCC(C)C)NCCc1nc(C)no1. The lowest BCUT2D eigenvalue weighted by molar-refractivity contribution is 0.374. The van der Waals surface area contributed by atoms with E-state index >= 15 is 0 Å².